The predicted molar refractivity (Wildman–Crippen MR) is 69.2 cm³/mol. The molecule has 3 nitrogen and oxygen atoms in total. The van der Waals surface area contributed by atoms with Gasteiger partial charge in [-0.3, -0.25) is 4.79 Å². The number of carbonyl (C=O) groups excluding carboxylic acids is 1. The van der Waals surface area contributed by atoms with E-state index in [2.05, 4.69) is 11.9 Å². The van der Waals surface area contributed by atoms with Gasteiger partial charge >= 0.3 is 0 Å². The van der Waals surface area contributed by atoms with Crippen LogP contribution in [0.4, 0.5) is 0 Å². The minimum Gasteiger partial charge on any atom is -0.337 e. The van der Waals surface area contributed by atoms with E-state index < -0.39 is 0 Å². The first kappa shape index (κ1) is 12.1. The standard InChI is InChI=1S/C14H20N2O/c1-12-4-6-13(7-5-12)14(17)16-9-3-8-15(2)10-11-16/h4-7H,3,8-11H2,1-2H3. The fourth-order valence-electron chi connectivity index (χ4n) is 2.13. The maximum absolute atomic E-state index is 12.3. The van der Waals surface area contributed by atoms with Gasteiger partial charge < -0.3 is 9.80 Å². The quantitative estimate of drug-likeness (QED) is 0.737. The Labute approximate surface area is 103 Å². The van der Waals surface area contributed by atoms with Crippen molar-refractivity contribution in [2.45, 2.75) is 13.3 Å². The van der Waals surface area contributed by atoms with Crippen molar-refractivity contribution in [2.24, 2.45) is 0 Å². The number of carbonyl (C=O) groups is 1. The monoisotopic (exact) mass is 232 g/mol. The van der Waals surface area contributed by atoms with E-state index in [1.807, 2.05) is 36.1 Å². The van der Waals surface area contributed by atoms with Gasteiger partial charge in [0.15, 0.2) is 0 Å². The van der Waals surface area contributed by atoms with Crippen LogP contribution in [0.15, 0.2) is 24.3 Å². The molecule has 17 heavy (non-hydrogen) atoms. The number of nitrogens with zero attached hydrogens (tertiary/aromatic N) is 2. The Morgan fingerprint density at radius 1 is 1.06 bits per heavy atom. The van der Waals surface area contributed by atoms with Crippen LogP contribution in [0, 0.1) is 6.92 Å². The number of aryl methyl sites for hydroxylation is 1. The summed E-state index contributed by atoms with van der Waals surface area (Å²) in [5.74, 6) is 0.167. The molecule has 1 saturated heterocycles. The van der Waals surface area contributed by atoms with Crippen molar-refractivity contribution < 1.29 is 4.79 Å². The zero-order chi connectivity index (χ0) is 12.3. The van der Waals surface area contributed by atoms with Gasteiger partial charge in [0.05, 0.1) is 0 Å². The molecule has 0 N–H and O–H groups in total. The number of benzene rings is 1. The van der Waals surface area contributed by atoms with Gasteiger partial charge in [0.1, 0.15) is 0 Å². The third kappa shape index (κ3) is 3.07. The van der Waals surface area contributed by atoms with E-state index in [4.69, 9.17) is 0 Å². The Balaban J connectivity index is 2.06. The van der Waals surface area contributed by atoms with Crippen LogP contribution in [0.2, 0.25) is 0 Å². The number of likely N-dealkylation sites (N-methyl/N-ethyl adjacent to an activating group) is 1. The molecule has 1 heterocycles. The molecule has 3 heteroatoms. The maximum atomic E-state index is 12.3. The van der Waals surface area contributed by atoms with Crippen LogP contribution in [0.5, 0.6) is 0 Å². The Hall–Kier alpha value is -1.35. The number of rotatable bonds is 1. The molecular formula is C14H20N2O. The lowest BCUT2D eigenvalue weighted by Crippen LogP contribution is -2.34. The highest BCUT2D eigenvalue weighted by atomic mass is 16.2. The first-order valence-corrected chi connectivity index (χ1v) is 6.21. The molecule has 2 rings (SSSR count). The highest BCUT2D eigenvalue weighted by Gasteiger charge is 2.18. The lowest BCUT2D eigenvalue weighted by Gasteiger charge is -2.20. The maximum Gasteiger partial charge on any atom is 0.253 e. The Morgan fingerprint density at radius 2 is 1.76 bits per heavy atom. The highest BCUT2D eigenvalue weighted by Crippen LogP contribution is 2.09. The van der Waals surface area contributed by atoms with E-state index in [9.17, 15) is 4.79 Å². The Morgan fingerprint density at radius 3 is 2.47 bits per heavy atom. The molecule has 0 radical (unpaired) electrons. The van der Waals surface area contributed by atoms with Crippen molar-refractivity contribution in [3.8, 4) is 0 Å². The molecule has 0 saturated carbocycles. The molecule has 92 valence electrons. The topological polar surface area (TPSA) is 23.6 Å². The smallest absolute Gasteiger partial charge is 0.253 e. The van der Waals surface area contributed by atoms with E-state index >= 15 is 0 Å². The SMILES string of the molecule is Cc1ccc(C(=O)N2CCCN(C)CC2)cc1. The lowest BCUT2D eigenvalue weighted by molar-refractivity contribution is 0.0763. The Bertz CT molecular complexity index is 386. The molecule has 1 aliphatic heterocycles. The number of hydrogen-bond acceptors (Lipinski definition) is 2. The molecule has 0 aliphatic carbocycles. The average molecular weight is 232 g/mol. The van der Waals surface area contributed by atoms with Crippen molar-refractivity contribution in [1.82, 2.24) is 9.80 Å². The van der Waals surface area contributed by atoms with Gasteiger partial charge in [-0.2, -0.15) is 0 Å². The van der Waals surface area contributed by atoms with E-state index in [0.717, 1.165) is 38.2 Å². The molecule has 1 amide bonds. The summed E-state index contributed by atoms with van der Waals surface area (Å²) in [7, 11) is 2.11. The van der Waals surface area contributed by atoms with Crippen molar-refractivity contribution in [1.29, 1.82) is 0 Å². The van der Waals surface area contributed by atoms with Crippen LogP contribution in [0.1, 0.15) is 22.3 Å². The largest absolute Gasteiger partial charge is 0.337 e. The summed E-state index contributed by atoms with van der Waals surface area (Å²) in [6.07, 6.45) is 1.06. The second-order valence-electron chi connectivity index (χ2n) is 4.82. The van der Waals surface area contributed by atoms with Crippen molar-refractivity contribution in [3.63, 3.8) is 0 Å². The summed E-state index contributed by atoms with van der Waals surface area (Å²) >= 11 is 0. The first-order valence-electron chi connectivity index (χ1n) is 6.21. The fourth-order valence-corrected chi connectivity index (χ4v) is 2.13. The summed E-state index contributed by atoms with van der Waals surface area (Å²) < 4.78 is 0. The molecule has 0 atom stereocenters. The van der Waals surface area contributed by atoms with Gasteiger partial charge in [0.25, 0.3) is 5.91 Å². The molecule has 1 aliphatic rings. The molecule has 1 aromatic carbocycles. The third-order valence-electron chi connectivity index (χ3n) is 3.31. The summed E-state index contributed by atoms with van der Waals surface area (Å²) in [6.45, 7) is 5.80. The first-order chi connectivity index (χ1) is 8.16. The summed E-state index contributed by atoms with van der Waals surface area (Å²) in [5.41, 5.74) is 2.00. The lowest BCUT2D eigenvalue weighted by atomic mass is 10.1. The van der Waals surface area contributed by atoms with Crippen LogP contribution in [0.3, 0.4) is 0 Å². The van der Waals surface area contributed by atoms with Crippen molar-refractivity contribution in [2.75, 3.05) is 33.2 Å². The van der Waals surface area contributed by atoms with Crippen LogP contribution in [0.25, 0.3) is 0 Å². The van der Waals surface area contributed by atoms with Crippen molar-refractivity contribution >= 4 is 5.91 Å². The normalized spacial score (nSPS) is 17.9. The van der Waals surface area contributed by atoms with Gasteiger partial charge in [-0.1, -0.05) is 17.7 Å². The summed E-state index contributed by atoms with van der Waals surface area (Å²) in [5, 5.41) is 0. The second kappa shape index (κ2) is 5.32. The van der Waals surface area contributed by atoms with Gasteiger partial charge in [-0.15, -0.1) is 0 Å². The van der Waals surface area contributed by atoms with Crippen LogP contribution in [-0.2, 0) is 0 Å². The molecule has 1 fully saturated rings. The van der Waals surface area contributed by atoms with Gasteiger partial charge in [0.2, 0.25) is 0 Å². The van der Waals surface area contributed by atoms with Gasteiger partial charge in [-0.05, 0) is 39.1 Å². The predicted octanol–water partition coefficient (Wildman–Crippen LogP) is 1.77. The minimum absolute atomic E-state index is 0.167. The molecular weight excluding hydrogens is 212 g/mol. The van der Waals surface area contributed by atoms with Crippen LogP contribution in [-0.4, -0.2) is 48.9 Å². The Kier molecular flexibility index (Phi) is 3.79. The van der Waals surface area contributed by atoms with E-state index in [1.165, 1.54) is 5.56 Å². The van der Waals surface area contributed by atoms with E-state index in [-0.39, 0.29) is 5.91 Å². The zero-order valence-corrected chi connectivity index (χ0v) is 10.6. The molecule has 0 bridgehead atoms. The molecule has 0 spiro atoms. The molecule has 1 aromatic rings. The summed E-state index contributed by atoms with van der Waals surface area (Å²) in [6, 6.07) is 7.84. The number of amides is 1. The average Bonchev–Trinajstić information content (AvgIpc) is 2.54. The molecule has 0 aromatic heterocycles. The minimum atomic E-state index is 0.167. The fraction of sp³-hybridized carbons (Fsp3) is 0.500. The van der Waals surface area contributed by atoms with Crippen molar-refractivity contribution in [3.05, 3.63) is 35.4 Å². The van der Waals surface area contributed by atoms with Crippen LogP contribution < -0.4 is 0 Å². The van der Waals surface area contributed by atoms with Crippen LogP contribution >= 0.6 is 0 Å². The van der Waals surface area contributed by atoms with E-state index in [0.29, 0.717) is 0 Å². The van der Waals surface area contributed by atoms with E-state index in [1.54, 1.807) is 0 Å². The summed E-state index contributed by atoms with van der Waals surface area (Å²) in [4.78, 5) is 16.5. The molecule has 0 unspecified atom stereocenters. The highest BCUT2D eigenvalue weighted by molar-refractivity contribution is 5.94. The van der Waals surface area contributed by atoms with Gasteiger partial charge in [-0.25, -0.2) is 0 Å². The van der Waals surface area contributed by atoms with Gasteiger partial charge in [0, 0.05) is 25.2 Å². The number of hydrogen-bond donors (Lipinski definition) is 0. The second-order valence-corrected chi connectivity index (χ2v) is 4.82. The third-order valence-corrected chi connectivity index (χ3v) is 3.31. The zero-order valence-electron chi connectivity index (χ0n) is 10.6.